The summed E-state index contributed by atoms with van der Waals surface area (Å²) in [5.41, 5.74) is 1.26. The lowest BCUT2D eigenvalue weighted by atomic mass is 10.2. The monoisotopic (exact) mass is 503 g/mol. The molecule has 0 aliphatic heterocycles. The van der Waals surface area contributed by atoms with Crippen LogP contribution >= 0.6 is 35.0 Å². The van der Waals surface area contributed by atoms with Crippen molar-refractivity contribution in [1.29, 1.82) is 0 Å². The Morgan fingerprint density at radius 2 is 1.64 bits per heavy atom. The molecule has 0 bridgehead atoms. The summed E-state index contributed by atoms with van der Waals surface area (Å²) in [5, 5.41) is 16.8. The predicted molar refractivity (Wildman–Crippen MR) is 133 cm³/mol. The maximum absolute atomic E-state index is 12.8. The molecular weight excluding hydrogens is 485 g/mol. The number of hydrogen-bond acceptors (Lipinski definition) is 5. The molecule has 0 aromatic heterocycles. The number of amides is 2. The van der Waals surface area contributed by atoms with Crippen LogP contribution in [-0.2, 0) is 4.79 Å². The quantitative estimate of drug-likeness (QED) is 0.203. The summed E-state index contributed by atoms with van der Waals surface area (Å²) >= 11 is 13.4. The highest BCUT2D eigenvalue weighted by molar-refractivity contribution is 8.00. The molecule has 3 aromatic rings. The summed E-state index contributed by atoms with van der Waals surface area (Å²) in [6, 6.07) is 17.3. The molecule has 2 amide bonds. The average Bonchev–Trinajstić information content (AvgIpc) is 2.77. The van der Waals surface area contributed by atoms with E-state index in [1.54, 1.807) is 36.4 Å². The van der Waals surface area contributed by atoms with Gasteiger partial charge in [0, 0.05) is 44.0 Å². The Bertz CT molecular complexity index is 1170. The second-order valence-corrected chi connectivity index (χ2v) is 9.10. The third-order valence-corrected chi connectivity index (χ3v) is 6.30. The third-order valence-electron chi connectivity index (χ3n) is 4.50. The summed E-state index contributed by atoms with van der Waals surface area (Å²) in [4.78, 5) is 36.3. The van der Waals surface area contributed by atoms with E-state index in [4.69, 9.17) is 23.2 Å². The number of hydrogen-bond donors (Lipinski definition) is 2. The lowest BCUT2D eigenvalue weighted by molar-refractivity contribution is -0.384. The summed E-state index contributed by atoms with van der Waals surface area (Å²) in [5.74, 6) is -0.587. The van der Waals surface area contributed by atoms with Gasteiger partial charge in [-0.25, -0.2) is 0 Å². The first-order valence-corrected chi connectivity index (χ1v) is 11.5. The van der Waals surface area contributed by atoms with Crippen molar-refractivity contribution < 1.29 is 14.5 Å². The van der Waals surface area contributed by atoms with E-state index in [-0.39, 0.29) is 16.8 Å². The van der Waals surface area contributed by atoms with Crippen LogP contribution in [0.5, 0.6) is 0 Å². The molecule has 0 saturated heterocycles. The van der Waals surface area contributed by atoms with Crippen molar-refractivity contribution in [3.05, 3.63) is 92.5 Å². The highest BCUT2D eigenvalue weighted by Crippen LogP contribution is 2.30. The highest BCUT2D eigenvalue weighted by Gasteiger charge is 2.19. The molecule has 0 aliphatic rings. The maximum Gasteiger partial charge on any atom is 0.269 e. The largest absolute Gasteiger partial charge is 0.325 e. The number of nitro benzene ring substituents is 1. The van der Waals surface area contributed by atoms with E-state index < -0.39 is 10.8 Å². The van der Waals surface area contributed by atoms with E-state index in [0.717, 1.165) is 4.90 Å². The van der Waals surface area contributed by atoms with Gasteiger partial charge < -0.3 is 10.6 Å². The molecule has 0 spiro atoms. The third kappa shape index (κ3) is 6.95. The van der Waals surface area contributed by atoms with Crippen LogP contribution in [0.15, 0.2) is 71.6 Å². The first kappa shape index (κ1) is 24.6. The number of non-ortho nitro benzene ring substituents is 1. The van der Waals surface area contributed by atoms with Crippen molar-refractivity contribution in [3.8, 4) is 0 Å². The van der Waals surface area contributed by atoms with Crippen LogP contribution in [0.2, 0.25) is 10.0 Å². The molecule has 1 unspecified atom stereocenters. The number of rotatable bonds is 8. The average molecular weight is 504 g/mol. The van der Waals surface area contributed by atoms with Gasteiger partial charge in [0.2, 0.25) is 5.91 Å². The standard InChI is InChI=1S/C23H19Cl2N3O4S/c1-2-21(23(30)27-18-11-15(24)10-16(25)12-18)33-20-5-3-4-17(13-20)26-22(29)14-6-8-19(9-7-14)28(31)32/h3-13,21H,2H2,1H3,(H,26,29)(H,27,30). The Morgan fingerprint density at radius 3 is 2.24 bits per heavy atom. The van der Waals surface area contributed by atoms with Crippen LogP contribution in [-0.4, -0.2) is 22.0 Å². The molecule has 3 aromatic carbocycles. The lowest BCUT2D eigenvalue weighted by Gasteiger charge is -2.16. The van der Waals surface area contributed by atoms with Crippen LogP contribution in [0, 0.1) is 10.1 Å². The Kier molecular flexibility index (Phi) is 8.32. The van der Waals surface area contributed by atoms with Gasteiger partial charge in [-0.2, -0.15) is 0 Å². The second-order valence-electron chi connectivity index (χ2n) is 6.95. The van der Waals surface area contributed by atoms with Crippen LogP contribution in [0.3, 0.4) is 0 Å². The summed E-state index contributed by atoms with van der Waals surface area (Å²) < 4.78 is 0. The molecule has 0 fully saturated rings. The number of carbonyl (C=O) groups excluding carboxylic acids is 2. The van der Waals surface area contributed by atoms with E-state index in [1.165, 1.54) is 36.0 Å². The smallest absolute Gasteiger partial charge is 0.269 e. The maximum atomic E-state index is 12.8. The van der Waals surface area contributed by atoms with E-state index in [9.17, 15) is 19.7 Å². The van der Waals surface area contributed by atoms with E-state index in [0.29, 0.717) is 33.4 Å². The minimum Gasteiger partial charge on any atom is -0.325 e. The summed E-state index contributed by atoms with van der Waals surface area (Å²) in [7, 11) is 0. The fourth-order valence-corrected chi connectivity index (χ4v) is 4.46. The van der Waals surface area contributed by atoms with Gasteiger partial charge >= 0.3 is 0 Å². The fraction of sp³-hybridized carbons (Fsp3) is 0.130. The zero-order valence-electron chi connectivity index (χ0n) is 17.4. The number of carbonyl (C=O) groups is 2. The molecule has 0 radical (unpaired) electrons. The fourth-order valence-electron chi connectivity index (χ4n) is 2.92. The van der Waals surface area contributed by atoms with Crippen molar-refractivity contribution in [2.75, 3.05) is 10.6 Å². The number of benzene rings is 3. The lowest BCUT2D eigenvalue weighted by Crippen LogP contribution is -2.24. The Hall–Kier alpha value is -3.07. The van der Waals surface area contributed by atoms with Crippen molar-refractivity contribution >= 4 is 63.8 Å². The molecule has 0 heterocycles. The van der Waals surface area contributed by atoms with Crippen LogP contribution in [0.25, 0.3) is 0 Å². The first-order valence-electron chi connectivity index (χ1n) is 9.84. The Balaban J connectivity index is 1.66. The van der Waals surface area contributed by atoms with Gasteiger partial charge in [-0.3, -0.25) is 19.7 Å². The second kappa shape index (κ2) is 11.2. The van der Waals surface area contributed by atoms with E-state index in [2.05, 4.69) is 10.6 Å². The molecule has 7 nitrogen and oxygen atoms in total. The van der Waals surface area contributed by atoms with Crippen LogP contribution in [0.1, 0.15) is 23.7 Å². The van der Waals surface area contributed by atoms with Crippen LogP contribution in [0.4, 0.5) is 17.1 Å². The minimum atomic E-state index is -0.524. The molecule has 0 aliphatic carbocycles. The zero-order valence-corrected chi connectivity index (χ0v) is 19.7. The molecule has 0 saturated carbocycles. The first-order chi connectivity index (χ1) is 15.7. The van der Waals surface area contributed by atoms with Crippen LogP contribution < -0.4 is 10.6 Å². The molecule has 3 rings (SSSR count). The van der Waals surface area contributed by atoms with Gasteiger partial charge in [-0.15, -0.1) is 11.8 Å². The minimum absolute atomic E-state index is 0.0890. The van der Waals surface area contributed by atoms with Crippen molar-refractivity contribution in [3.63, 3.8) is 0 Å². The SMILES string of the molecule is CCC(Sc1cccc(NC(=O)c2ccc([N+](=O)[O-])cc2)c1)C(=O)Nc1cc(Cl)cc(Cl)c1. The van der Waals surface area contributed by atoms with Crippen molar-refractivity contribution in [2.45, 2.75) is 23.5 Å². The number of nitro groups is 1. The van der Waals surface area contributed by atoms with Gasteiger partial charge in [0.15, 0.2) is 0 Å². The van der Waals surface area contributed by atoms with Crippen molar-refractivity contribution in [1.82, 2.24) is 0 Å². The normalized spacial score (nSPS) is 11.5. The molecule has 170 valence electrons. The molecular formula is C23H19Cl2N3O4S. The van der Waals surface area contributed by atoms with Crippen molar-refractivity contribution in [2.24, 2.45) is 0 Å². The summed E-state index contributed by atoms with van der Waals surface area (Å²) in [6.45, 7) is 1.91. The number of anilines is 2. The van der Waals surface area contributed by atoms with Gasteiger partial charge in [-0.05, 0) is 55.0 Å². The molecule has 10 heteroatoms. The Morgan fingerprint density at radius 1 is 0.970 bits per heavy atom. The zero-order chi connectivity index (χ0) is 24.0. The van der Waals surface area contributed by atoms with Gasteiger partial charge in [-0.1, -0.05) is 36.2 Å². The van der Waals surface area contributed by atoms with Gasteiger partial charge in [0.05, 0.1) is 10.2 Å². The Labute approximate surface area is 204 Å². The highest BCUT2D eigenvalue weighted by atomic mass is 35.5. The van der Waals surface area contributed by atoms with Gasteiger partial charge in [0.1, 0.15) is 0 Å². The number of nitrogens with zero attached hydrogens (tertiary/aromatic N) is 1. The topological polar surface area (TPSA) is 101 Å². The molecule has 1 atom stereocenters. The summed E-state index contributed by atoms with van der Waals surface area (Å²) in [6.07, 6.45) is 0.574. The molecule has 33 heavy (non-hydrogen) atoms. The van der Waals surface area contributed by atoms with E-state index >= 15 is 0 Å². The number of nitrogens with one attached hydrogen (secondary N) is 2. The number of halogens is 2. The molecule has 2 N–H and O–H groups in total. The predicted octanol–water partition coefficient (Wildman–Crippen LogP) is 6.66. The number of thioether (sulfide) groups is 1. The van der Waals surface area contributed by atoms with Gasteiger partial charge in [0.25, 0.3) is 11.6 Å². The van der Waals surface area contributed by atoms with E-state index in [1.807, 2.05) is 13.0 Å².